The Labute approximate surface area is 197 Å². The molecule has 2 aromatic heterocycles. The summed E-state index contributed by atoms with van der Waals surface area (Å²) in [6.45, 7) is 1.77. The smallest absolute Gasteiger partial charge is 0.293 e. The number of anilines is 2. The van der Waals surface area contributed by atoms with Crippen molar-refractivity contribution >= 4 is 23.2 Å². The number of carbonyl (C=O) groups excluding carboxylic acids is 2. The zero-order chi connectivity index (χ0) is 24.1. The number of aromatic nitrogens is 3. The third kappa shape index (κ3) is 4.01. The molecule has 0 radical (unpaired) electrons. The van der Waals surface area contributed by atoms with Crippen LogP contribution in [-0.2, 0) is 4.79 Å². The summed E-state index contributed by atoms with van der Waals surface area (Å²) >= 11 is 0. The molecular weight excluding hydrogens is 457 g/mol. The normalized spacial score (nSPS) is 18.4. The molecule has 2 aliphatic rings. The Morgan fingerprint density at radius 2 is 2.03 bits per heavy atom. The fourth-order valence-electron chi connectivity index (χ4n) is 3.72. The number of hydrogen-bond donors (Lipinski definition) is 2. The van der Waals surface area contributed by atoms with E-state index in [0.29, 0.717) is 40.5 Å². The number of fused-ring (bicyclic) bond motifs is 1. The minimum Gasteiger partial charge on any atom is -0.482 e. The number of alkyl halides is 1. The van der Waals surface area contributed by atoms with Gasteiger partial charge in [0.25, 0.3) is 11.8 Å². The van der Waals surface area contributed by atoms with E-state index in [4.69, 9.17) is 13.7 Å². The van der Waals surface area contributed by atoms with E-state index < -0.39 is 12.1 Å². The van der Waals surface area contributed by atoms with Gasteiger partial charge in [-0.05, 0) is 43.2 Å². The topological polar surface area (TPSA) is 132 Å². The number of nitrogens with one attached hydrogen (secondary N) is 2. The third-order valence-electron chi connectivity index (χ3n) is 5.81. The molecule has 2 atom stereocenters. The molecule has 6 rings (SSSR count). The highest BCUT2D eigenvalue weighted by molar-refractivity contribution is 6.03. The summed E-state index contributed by atoms with van der Waals surface area (Å²) in [5.74, 6) is 0.295. The number of hydrogen-bond acceptors (Lipinski definition) is 8. The van der Waals surface area contributed by atoms with Gasteiger partial charge in [0.15, 0.2) is 6.61 Å². The molecule has 1 saturated carbocycles. The first-order valence-electron chi connectivity index (χ1n) is 10.9. The zero-order valence-corrected chi connectivity index (χ0v) is 18.4. The second-order valence-electron chi connectivity index (χ2n) is 8.38. The lowest BCUT2D eigenvalue weighted by Gasteiger charge is -2.17. The quantitative estimate of drug-likeness (QED) is 0.441. The van der Waals surface area contributed by atoms with Gasteiger partial charge in [-0.3, -0.25) is 9.59 Å². The van der Waals surface area contributed by atoms with Crippen LogP contribution in [0.3, 0.4) is 0 Å². The summed E-state index contributed by atoms with van der Waals surface area (Å²) in [6, 6.07) is 10.4. The number of aryl methyl sites for hydroxylation is 1. The van der Waals surface area contributed by atoms with Gasteiger partial charge in [-0.2, -0.15) is 4.98 Å². The largest absolute Gasteiger partial charge is 0.482 e. The summed E-state index contributed by atoms with van der Waals surface area (Å²) in [6.07, 6.45) is 0.795. The van der Waals surface area contributed by atoms with Crippen molar-refractivity contribution in [3.8, 4) is 28.6 Å². The number of ether oxygens (including phenoxy) is 1. The monoisotopic (exact) mass is 475 g/mol. The standard InChI is InChI=1S/C24H18FN5O5/c1-11-2-3-12(21-29-24(35-30-21)14-8-15(14)25)6-17(11)28-22(32)19-9-26-23(34-19)13-4-5-16-18(7-13)33-10-20(31)27-16/h2-7,9,14-15H,8,10H2,1H3,(H,27,31)(H,28,32)/t14-,15-/m0/s1. The Morgan fingerprint density at radius 3 is 2.86 bits per heavy atom. The van der Waals surface area contributed by atoms with Crippen molar-refractivity contribution in [3.63, 3.8) is 0 Å². The number of oxazole rings is 1. The number of nitrogens with zero attached hydrogens (tertiary/aromatic N) is 3. The Kier molecular flexibility index (Phi) is 4.83. The fraction of sp³-hybridized carbons (Fsp3) is 0.208. The number of carbonyl (C=O) groups is 2. The van der Waals surface area contributed by atoms with Crippen molar-refractivity contribution < 1.29 is 27.7 Å². The number of halogens is 1. The SMILES string of the molecule is Cc1ccc(-c2noc([C@H]3C[C@@H]3F)n2)cc1NC(=O)c1cnc(-c2ccc3c(c2)OCC(=O)N3)o1. The summed E-state index contributed by atoms with van der Waals surface area (Å²) in [7, 11) is 0. The van der Waals surface area contributed by atoms with Crippen molar-refractivity contribution in [2.75, 3.05) is 17.2 Å². The van der Waals surface area contributed by atoms with E-state index in [1.165, 1.54) is 6.20 Å². The summed E-state index contributed by atoms with van der Waals surface area (Å²) < 4.78 is 29.6. The molecule has 176 valence electrons. The number of benzene rings is 2. The molecule has 4 aromatic rings. The molecular formula is C24H18FN5O5. The first kappa shape index (κ1) is 21.0. The Morgan fingerprint density at radius 1 is 1.20 bits per heavy atom. The maximum atomic E-state index is 13.3. The van der Waals surface area contributed by atoms with E-state index in [-0.39, 0.29) is 36.0 Å². The van der Waals surface area contributed by atoms with E-state index >= 15 is 0 Å². The van der Waals surface area contributed by atoms with Crippen molar-refractivity contribution in [2.45, 2.75) is 25.4 Å². The van der Waals surface area contributed by atoms with Crippen LogP contribution in [0.25, 0.3) is 22.8 Å². The van der Waals surface area contributed by atoms with Gasteiger partial charge in [-0.25, -0.2) is 9.37 Å². The molecule has 0 spiro atoms. The molecule has 3 heterocycles. The average molecular weight is 475 g/mol. The van der Waals surface area contributed by atoms with E-state index in [1.807, 2.05) is 13.0 Å². The van der Waals surface area contributed by atoms with E-state index in [2.05, 4.69) is 25.8 Å². The van der Waals surface area contributed by atoms with Crippen LogP contribution in [-0.4, -0.2) is 39.7 Å². The van der Waals surface area contributed by atoms with E-state index in [1.54, 1.807) is 30.3 Å². The highest BCUT2D eigenvalue weighted by Gasteiger charge is 2.43. The van der Waals surface area contributed by atoms with Crippen LogP contribution in [0.2, 0.25) is 0 Å². The molecule has 11 heteroatoms. The molecule has 0 saturated heterocycles. The first-order chi connectivity index (χ1) is 16.9. The highest BCUT2D eigenvalue weighted by atomic mass is 19.1. The van der Waals surface area contributed by atoms with Gasteiger partial charge in [0.05, 0.1) is 17.8 Å². The van der Waals surface area contributed by atoms with Crippen molar-refractivity contribution in [3.05, 3.63) is 59.8 Å². The van der Waals surface area contributed by atoms with E-state index in [0.717, 1.165) is 5.56 Å². The Bertz CT molecular complexity index is 1480. The predicted molar refractivity (Wildman–Crippen MR) is 121 cm³/mol. The summed E-state index contributed by atoms with van der Waals surface area (Å²) in [5.41, 5.74) is 3.11. The Hall–Kier alpha value is -4.54. The van der Waals surface area contributed by atoms with Crippen molar-refractivity contribution in [1.82, 2.24) is 15.1 Å². The molecule has 1 aliphatic heterocycles. The van der Waals surface area contributed by atoms with Crippen LogP contribution in [0.4, 0.5) is 15.8 Å². The van der Waals surface area contributed by atoms with Crippen molar-refractivity contribution in [2.24, 2.45) is 0 Å². The summed E-state index contributed by atoms with van der Waals surface area (Å²) in [5, 5.41) is 9.46. The van der Waals surface area contributed by atoms with E-state index in [9.17, 15) is 14.0 Å². The third-order valence-corrected chi connectivity index (χ3v) is 5.81. The van der Waals surface area contributed by atoms with Gasteiger partial charge in [0.1, 0.15) is 11.9 Å². The van der Waals surface area contributed by atoms with Gasteiger partial charge in [0, 0.05) is 16.8 Å². The van der Waals surface area contributed by atoms with Gasteiger partial charge >= 0.3 is 0 Å². The lowest BCUT2D eigenvalue weighted by Crippen LogP contribution is -2.25. The fourth-order valence-corrected chi connectivity index (χ4v) is 3.72. The second-order valence-corrected chi connectivity index (χ2v) is 8.38. The van der Waals surface area contributed by atoms with Gasteiger partial charge < -0.3 is 24.3 Å². The lowest BCUT2D eigenvalue weighted by molar-refractivity contribution is -0.118. The van der Waals surface area contributed by atoms with Crippen LogP contribution < -0.4 is 15.4 Å². The van der Waals surface area contributed by atoms with Gasteiger partial charge in [0.2, 0.25) is 23.4 Å². The zero-order valence-electron chi connectivity index (χ0n) is 18.4. The molecule has 0 bridgehead atoms. The lowest BCUT2D eigenvalue weighted by atomic mass is 10.1. The maximum Gasteiger partial charge on any atom is 0.293 e. The van der Waals surface area contributed by atoms with Crippen molar-refractivity contribution in [1.29, 1.82) is 0 Å². The van der Waals surface area contributed by atoms with Crippen LogP contribution in [0, 0.1) is 6.92 Å². The molecule has 10 nitrogen and oxygen atoms in total. The van der Waals surface area contributed by atoms with Gasteiger partial charge in [-0.1, -0.05) is 17.3 Å². The minimum atomic E-state index is -0.933. The minimum absolute atomic E-state index is 0.0151. The van der Waals surface area contributed by atoms with Gasteiger partial charge in [-0.15, -0.1) is 0 Å². The first-order valence-corrected chi connectivity index (χ1v) is 10.9. The average Bonchev–Trinajstić information content (AvgIpc) is 3.24. The van der Waals surface area contributed by atoms with Crippen LogP contribution >= 0.6 is 0 Å². The second kappa shape index (κ2) is 8.05. The molecule has 2 N–H and O–H groups in total. The molecule has 1 aliphatic carbocycles. The number of amides is 2. The van der Waals surface area contributed by atoms with Crippen LogP contribution in [0.1, 0.15) is 34.3 Å². The molecule has 35 heavy (non-hydrogen) atoms. The molecule has 2 aromatic carbocycles. The maximum absolute atomic E-state index is 13.3. The van der Waals surface area contributed by atoms with Crippen LogP contribution in [0.15, 0.2) is 51.5 Å². The van der Waals surface area contributed by atoms with Crippen LogP contribution in [0.5, 0.6) is 5.75 Å². The molecule has 2 amide bonds. The predicted octanol–water partition coefficient (Wildman–Crippen LogP) is 4.11. The molecule has 1 fully saturated rings. The highest BCUT2D eigenvalue weighted by Crippen LogP contribution is 2.43. The number of rotatable bonds is 5. The summed E-state index contributed by atoms with van der Waals surface area (Å²) in [4.78, 5) is 32.8. The Balaban J connectivity index is 1.20. The molecule has 0 unspecified atom stereocenters.